The Hall–Kier alpha value is 0.440. The fraction of sp³-hybridized carbons (Fsp3) is 1.00. The van der Waals surface area contributed by atoms with E-state index in [1.54, 1.807) is 0 Å². The molecule has 0 saturated heterocycles. The predicted molar refractivity (Wildman–Crippen MR) is 53.3 cm³/mol. The largest absolute Gasteiger partial charge is 0.314 e. The van der Waals surface area contributed by atoms with Gasteiger partial charge in [-0.3, -0.25) is 0 Å². The minimum atomic E-state index is 0.836. The Morgan fingerprint density at radius 2 is 1.91 bits per heavy atom. The molecule has 0 unspecified atom stereocenters. The van der Waals surface area contributed by atoms with Gasteiger partial charge in [-0.15, -0.1) is 0 Å². The van der Waals surface area contributed by atoms with Crippen LogP contribution in [0.5, 0.6) is 0 Å². The van der Waals surface area contributed by atoms with Crippen LogP contribution in [0.25, 0.3) is 0 Å². The van der Waals surface area contributed by atoms with Crippen molar-refractivity contribution in [1.29, 1.82) is 0 Å². The van der Waals surface area contributed by atoms with Crippen LogP contribution >= 0.6 is 15.9 Å². The average molecular weight is 220 g/mol. The fourth-order valence-corrected chi connectivity index (χ4v) is 1.96. The maximum atomic E-state index is 3.59. The molecule has 0 atom stereocenters. The van der Waals surface area contributed by atoms with Crippen LogP contribution in [0.1, 0.15) is 38.5 Å². The molecule has 0 amide bonds. The average Bonchev–Trinajstić information content (AvgIpc) is 2.07. The van der Waals surface area contributed by atoms with Crippen LogP contribution in [0.15, 0.2) is 0 Å². The number of rotatable bonds is 4. The number of hydrogen-bond acceptors (Lipinski definition) is 1. The summed E-state index contributed by atoms with van der Waals surface area (Å²) in [5.74, 6) is 0. The van der Waals surface area contributed by atoms with Gasteiger partial charge in [0.2, 0.25) is 0 Å². The van der Waals surface area contributed by atoms with E-state index in [9.17, 15) is 0 Å². The summed E-state index contributed by atoms with van der Waals surface area (Å²) in [6.45, 7) is 1.19. The smallest absolute Gasteiger partial charge is 0.00670 e. The lowest BCUT2D eigenvalue weighted by atomic mass is 9.95. The summed E-state index contributed by atoms with van der Waals surface area (Å²) in [5, 5.41) is 4.72. The van der Waals surface area contributed by atoms with Crippen molar-refractivity contribution in [3.63, 3.8) is 0 Å². The van der Waals surface area contributed by atoms with E-state index in [1.165, 1.54) is 45.1 Å². The van der Waals surface area contributed by atoms with E-state index in [2.05, 4.69) is 21.2 Å². The third-order valence-corrected chi connectivity index (χ3v) is 2.91. The van der Waals surface area contributed by atoms with Gasteiger partial charge in [0, 0.05) is 11.4 Å². The van der Waals surface area contributed by atoms with E-state index in [0.717, 1.165) is 11.4 Å². The number of hydrogen-bond donors (Lipinski definition) is 1. The molecular weight excluding hydrogens is 202 g/mol. The van der Waals surface area contributed by atoms with Crippen molar-refractivity contribution >= 4 is 15.9 Å². The minimum absolute atomic E-state index is 0.836. The molecule has 0 bridgehead atoms. The molecule has 0 spiro atoms. The first-order valence-corrected chi connectivity index (χ1v) is 5.85. The van der Waals surface area contributed by atoms with Gasteiger partial charge < -0.3 is 5.32 Å². The van der Waals surface area contributed by atoms with Gasteiger partial charge in [-0.05, 0) is 25.8 Å². The number of alkyl halides is 1. The summed E-state index contributed by atoms with van der Waals surface area (Å²) < 4.78 is 0. The van der Waals surface area contributed by atoms with E-state index >= 15 is 0 Å². The monoisotopic (exact) mass is 219 g/mol. The van der Waals surface area contributed by atoms with E-state index in [0.29, 0.717) is 0 Å². The van der Waals surface area contributed by atoms with Crippen molar-refractivity contribution in [2.24, 2.45) is 0 Å². The molecule has 2 heteroatoms. The zero-order valence-corrected chi connectivity index (χ0v) is 8.70. The Morgan fingerprint density at radius 1 is 1.18 bits per heavy atom. The van der Waals surface area contributed by atoms with Crippen molar-refractivity contribution in [3.8, 4) is 0 Å². The molecule has 1 aliphatic rings. The third-order valence-electron chi connectivity index (χ3n) is 2.35. The van der Waals surface area contributed by atoms with Gasteiger partial charge in [-0.2, -0.15) is 0 Å². The Labute approximate surface area is 78.1 Å². The quantitative estimate of drug-likeness (QED) is 0.567. The van der Waals surface area contributed by atoms with Gasteiger partial charge in [-0.25, -0.2) is 0 Å². The zero-order valence-electron chi connectivity index (χ0n) is 7.11. The molecule has 0 aromatic heterocycles. The van der Waals surface area contributed by atoms with E-state index in [4.69, 9.17) is 0 Å². The van der Waals surface area contributed by atoms with Crippen LogP contribution in [0.4, 0.5) is 0 Å². The molecule has 66 valence electrons. The highest BCUT2D eigenvalue weighted by Gasteiger charge is 2.11. The van der Waals surface area contributed by atoms with Gasteiger partial charge in [-0.1, -0.05) is 35.2 Å². The van der Waals surface area contributed by atoms with Gasteiger partial charge in [0.25, 0.3) is 0 Å². The van der Waals surface area contributed by atoms with Crippen LogP contribution in [0, 0.1) is 0 Å². The molecule has 11 heavy (non-hydrogen) atoms. The first-order chi connectivity index (χ1) is 5.43. The molecular formula is C9H18BrN. The molecule has 0 aromatic rings. The Bertz CT molecular complexity index is 89.6. The standard InChI is InChI=1S/C9H18BrN/c10-7-4-8-11-9-5-2-1-3-6-9/h9,11H,1-8H2. The second kappa shape index (κ2) is 6.01. The van der Waals surface area contributed by atoms with Crippen molar-refractivity contribution in [2.45, 2.75) is 44.6 Å². The summed E-state index contributed by atoms with van der Waals surface area (Å²) in [7, 11) is 0. The highest BCUT2D eigenvalue weighted by molar-refractivity contribution is 9.09. The van der Waals surface area contributed by atoms with E-state index in [1.807, 2.05) is 0 Å². The maximum Gasteiger partial charge on any atom is 0.00670 e. The normalized spacial score (nSPS) is 20.5. The summed E-state index contributed by atoms with van der Waals surface area (Å²) >= 11 is 3.43. The molecule has 1 rings (SSSR count). The van der Waals surface area contributed by atoms with Crippen LogP contribution in [0.2, 0.25) is 0 Å². The first kappa shape index (κ1) is 9.53. The lowest BCUT2D eigenvalue weighted by Gasteiger charge is -2.22. The summed E-state index contributed by atoms with van der Waals surface area (Å²) in [6.07, 6.45) is 8.40. The maximum absolute atomic E-state index is 3.59. The van der Waals surface area contributed by atoms with Crippen LogP contribution in [-0.4, -0.2) is 17.9 Å². The molecule has 1 aliphatic carbocycles. The first-order valence-electron chi connectivity index (χ1n) is 4.73. The highest BCUT2D eigenvalue weighted by atomic mass is 79.9. The van der Waals surface area contributed by atoms with E-state index < -0.39 is 0 Å². The second-order valence-corrected chi connectivity index (χ2v) is 4.12. The number of nitrogens with one attached hydrogen (secondary N) is 1. The molecule has 0 radical (unpaired) electrons. The molecule has 0 heterocycles. The minimum Gasteiger partial charge on any atom is -0.314 e. The summed E-state index contributed by atoms with van der Waals surface area (Å²) in [6, 6.07) is 0.836. The van der Waals surface area contributed by atoms with Gasteiger partial charge >= 0.3 is 0 Å². The fourth-order valence-electron chi connectivity index (χ4n) is 1.68. The van der Waals surface area contributed by atoms with Crippen molar-refractivity contribution < 1.29 is 0 Å². The molecule has 1 nitrogen and oxygen atoms in total. The lowest BCUT2D eigenvalue weighted by Crippen LogP contribution is -2.31. The molecule has 0 aliphatic heterocycles. The van der Waals surface area contributed by atoms with Crippen LogP contribution < -0.4 is 5.32 Å². The summed E-state index contributed by atoms with van der Waals surface area (Å²) in [5.41, 5.74) is 0. The zero-order chi connectivity index (χ0) is 7.94. The lowest BCUT2D eigenvalue weighted by molar-refractivity contribution is 0.375. The molecule has 1 N–H and O–H groups in total. The van der Waals surface area contributed by atoms with E-state index in [-0.39, 0.29) is 0 Å². The molecule has 1 saturated carbocycles. The Kier molecular flexibility index (Phi) is 5.21. The highest BCUT2D eigenvalue weighted by Crippen LogP contribution is 2.17. The van der Waals surface area contributed by atoms with Gasteiger partial charge in [0.05, 0.1) is 0 Å². The Morgan fingerprint density at radius 3 is 2.55 bits per heavy atom. The molecule has 0 aromatic carbocycles. The third kappa shape index (κ3) is 4.12. The second-order valence-electron chi connectivity index (χ2n) is 3.33. The number of halogens is 1. The van der Waals surface area contributed by atoms with Gasteiger partial charge in [0.1, 0.15) is 0 Å². The van der Waals surface area contributed by atoms with Crippen LogP contribution in [0.3, 0.4) is 0 Å². The van der Waals surface area contributed by atoms with Crippen molar-refractivity contribution in [2.75, 3.05) is 11.9 Å². The van der Waals surface area contributed by atoms with Crippen molar-refractivity contribution in [1.82, 2.24) is 5.32 Å². The Balaban J connectivity index is 1.96. The van der Waals surface area contributed by atoms with Crippen LogP contribution in [-0.2, 0) is 0 Å². The summed E-state index contributed by atoms with van der Waals surface area (Å²) in [4.78, 5) is 0. The molecule has 1 fully saturated rings. The van der Waals surface area contributed by atoms with Gasteiger partial charge in [0.15, 0.2) is 0 Å². The van der Waals surface area contributed by atoms with Crippen molar-refractivity contribution in [3.05, 3.63) is 0 Å². The SMILES string of the molecule is BrCCCNC1CCCCC1. The predicted octanol–water partition coefficient (Wildman–Crippen LogP) is 2.69. The topological polar surface area (TPSA) is 12.0 Å².